The average Bonchev–Trinajstić information content (AvgIpc) is 2.21. The molecule has 0 amide bonds. The van der Waals surface area contributed by atoms with Crippen LogP contribution in [-0.2, 0) is 6.54 Å². The van der Waals surface area contributed by atoms with Gasteiger partial charge in [-0.25, -0.2) is 0 Å². The zero-order valence-electron chi connectivity index (χ0n) is 9.09. The number of hydrogen-bond donors (Lipinski definition) is 2. The minimum Gasteiger partial charge on any atom is -0.327 e. The molecule has 1 atom stereocenters. The van der Waals surface area contributed by atoms with Crippen molar-refractivity contribution in [1.82, 2.24) is 5.32 Å². The molecular weight excluding hydrogens is 172 g/mol. The lowest BCUT2D eigenvalue weighted by Gasteiger charge is -2.10. The average molecular weight is 192 g/mol. The number of rotatable bonds is 5. The molecule has 0 aliphatic heterocycles. The molecule has 1 rings (SSSR count). The zero-order chi connectivity index (χ0) is 10.4. The summed E-state index contributed by atoms with van der Waals surface area (Å²) in [4.78, 5) is 0. The molecule has 0 fully saturated rings. The second kappa shape index (κ2) is 5.78. The Kier molecular flexibility index (Phi) is 4.63. The third-order valence-electron chi connectivity index (χ3n) is 2.38. The number of nitrogens with one attached hydrogen (secondary N) is 1. The molecule has 0 spiro atoms. The minimum atomic E-state index is 0.278. The quantitative estimate of drug-likeness (QED) is 0.747. The van der Waals surface area contributed by atoms with Gasteiger partial charge in [0, 0.05) is 19.1 Å². The first-order valence-electron chi connectivity index (χ1n) is 5.24. The Morgan fingerprint density at radius 2 is 1.93 bits per heavy atom. The summed E-state index contributed by atoms with van der Waals surface area (Å²) in [6.45, 7) is 6.01. The van der Waals surface area contributed by atoms with E-state index in [1.165, 1.54) is 11.1 Å². The predicted octanol–water partition coefficient (Wildman–Crippen LogP) is 1.82. The third kappa shape index (κ3) is 3.90. The Morgan fingerprint density at radius 1 is 1.29 bits per heavy atom. The van der Waals surface area contributed by atoms with E-state index in [0.29, 0.717) is 0 Å². The van der Waals surface area contributed by atoms with E-state index in [2.05, 4.69) is 43.4 Å². The van der Waals surface area contributed by atoms with Gasteiger partial charge in [-0.2, -0.15) is 0 Å². The summed E-state index contributed by atoms with van der Waals surface area (Å²) in [6.07, 6.45) is 1.03. The molecule has 2 heteroatoms. The molecule has 0 heterocycles. The van der Waals surface area contributed by atoms with Gasteiger partial charge in [-0.1, -0.05) is 36.8 Å². The van der Waals surface area contributed by atoms with Crippen LogP contribution in [-0.4, -0.2) is 12.6 Å². The molecule has 78 valence electrons. The number of benzene rings is 1. The van der Waals surface area contributed by atoms with Gasteiger partial charge in [-0.15, -0.1) is 0 Å². The van der Waals surface area contributed by atoms with Crippen LogP contribution in [0.15, 0.2) is 24.3 Å². The van der Waals surface area contributed by atoms with Crippen LogP contribution in [0.3, 0.4) is 0 Å². The number of hydrogen-bond acceptors (Lipinski definition) is 2. The van der Waals surface area contributed by atoms with Crippen LogP contribution in [0.1, 0.15) is 24.5 Å². The largest absolute Gasteiger partial charge is 0.327 e. The summed E-state index contributed by atoms with van der Waals surface area (Å²) >= 11 is 0. The second-order valence-corrected chi connectivity index (χ2v) is 3.78. The summed E-state index contributed by atoms with van der Waals surface area (Å²) in [7, 11) is 0. The number of nitrogens with two attached hydrogens (primary N) is 1. The van der Waals surface area contributed by atoms with E-state index in [9.17, 15) is 0 Å². The topological polar surface area (TPSA) is 38.0 Å². The van der Waals surface area contributed by atoms with Crippen LogP contribution in [0, 0.1) is 6.92 Å². The molecule has 0 aromatic heterocycles. The molecule has 1 aromatic carbocycles. The Balaban J connectivity index is 2.28. The maximum absolute atomic E-state index is 5.80. The first-order valence-corrected chi connectivity index (χ1v) is 5.24. The van der Waals surface area contributed by atoms with Gasteiger partial charge in [-0.05, 0) is 18.9 Å². The van der Waals surface area contributed by atoms with E-state index in [1.807, 2.05) is 0 Å². The van der Waals surface area contributed by atoms with Gasteiger partial charge in [0.15, 0.2) is 0 Å². The van der Waals surface area contributed by atoms with Gasteiger partial charge in [0.05, 0.1) is 0 Å². The van der Waals surface area contributed by atoms with Gasteiger partial charge in [0.25, 0.3) is 0 Å². The van der Waals surface area contributed by atoms with E-state index < -0.39 is 0 Å². The van der Waals surface area contributed by atoms with Crippen molar-refractivity contribution < 1.29 is 0 Å². The lowest BCUT2D eigenvalue weighted by atomic mass is 10.1. The summed E-state index contributed by atoms with van der Waals surface area (Å²) in [5, 5.41) is 3.35. The Labute approximate surface area is 86.5 Å². The van der Waals surface area contributed by atoms with Crippen LogP contribution in [0.2, 0.25) is 0 Å². The summed E-state index contributed by atoms with van der Waals surface area (Å²) in [6, 6.07) is 8.85. The molecule has 14 heavy (non-hydrogen) atoms. The van der Waals surface area contributed by atoms with Crippen molar-refractivity contribution in [3.8, 4) is 0 Å². The minimum absolute atomic E-state index is 0.278. The number of aryl methyl sites for hydroxylation is 1. The monoisotopic (exact) mass is 192 g/mol. The van der Waals surface area contributed by atoms with E-state index in [-0.39, 0.29) is 6.04 Å². The molecule has 0 saturated carbocycles. The normalized spacial score (nSPS) is 12.8. The molecule has 1 unspecified atom stereocenters. The zero-order valence-corrected chi connectivity index (χ0v) is 9.09. The van der Waals surface area contributed by atoms with E-state index >= 15 is 0 Å². The van der Waals surface area contributed by atoms with Gasteiger partial charge in [-0.3, -0.25) is 0 Å². The Morgan fingerprint density at radius 3 is 2.50 bits per heavy atom. The highest BCUT2D eigenvalue weighted by Crippen LogP contribution is 2.02. The molecule has 0 radical (unpaired) electrons. The lowest BCUT2D eigenvalue weighted by Crippen LogP contribution is -2.32. The van der Waals surface area contributed by atoms with Crippen molar-refractivity contribution in [2.45, 2.75) is 32.9 Å². The van der Waals surface area contributed by atoms with Crippen molar-refractivity contribution in [1.29, 1.82) is 0 Å². The molecule has 0 bridgehead atoms. The molecule has 0 aliphatic carbocycles. The highest BCUT2D eigenvalue weighted by atomic mass is 14.9. The third-order valence-corrected chi connectivity index (χ3v) is 2.38. The summed E-state index contributed by atoms with van der Waals surface area (Å²) in [5.41, 5.74) is 8.42. The Hall–Kier alpha value is -0.860. The SMILES string of the molecule is CCC(N)CNCc1ccc(C)cc1. The van der Waals surface area contributed by atoms with E-state index in [1.54, 1.807) is 0 Å². The van der Waals surface area contributed by atoms with Crippen molar-refractivity contribution >= 4 is 0 Å². The van der Waals surface area contributed by atoms with Gasteiger partial charge < -0.3 is 11.1 Å². The van der Waals surface area contributed by atoms with Crippen LogP contribution >= 0.6 is 0 Å². The lowest BCUT2D eigenvalue weighted by molar-refractivity contribution is 0.563. The van der Waals surface area contributed by atoms with E-state index in [0.717, 1.165) is 19.5 Å². The van der Waals surface area contributed by atoms with Crippen molar-refractivity contribution in [3.05, 3.63) is 35.4 Å². The smallest absolute Gasteiger partial charge is 0.0206 e. The maximum atomic E-state index is 5.80. The molecule has 3 N–H and O–H groups in total. The maximum Gasteiger partial charge on any atom is 0.0206 e. The highest BCUT2D eigenvalue weighted by Gasteiger charge is 1.97. The van der Waals surface area contributed by atoms with Crippen LogP contribution < -0.4 is 11.1 Å². The highest BCUT2D eigenvalue weighted by molar-refractivity contribution is 5.21. The molecule has 1 aromatic rings. The van der Waals surface area contributed by atoms with Gasteiger partial charge >= 0.3 is 0 Å². The first-order chi connectivity index (χ1) is 6.72. The fraction of sp³-hybridized carbons (Fsp3) is 0.500. The van der Waals surface area contributed by atoms with Crippen molar-refractivity contribution in [3.63, 3.8) is 0 Å². The standard InChI is InChI=1S/C12H20N2/c1-3-12(13)9-14-8-11-6-4-10(2)5-7-11/h4-7,12,14H,3,8-9,13H2,1-2H3. The fourth-order valence-electron chi connectivity index (χ4n) is 1.25. The van der Waals surface area contributed by atoms with Crippen molar-refractivity contribution in [2.75, 3.05) is 6.54 Å². The van der Waals surface area contributed by atoms with E-state index in [4.69, 9.17) is 5.73 Å². The van der Waals surface area contributed by atoms with Crippen LogP contribution in [0.4, 0.5) is 0 Å². The van der Waals surface area contributed by atoms with Crippen LogP contribution in [0.25, 0.3) is 0 Å². The molecule has 0 saturated heterocycles. The van der Waals surface area contributed by atoms with Gasteiger partial charge in [0.1, 0.15) is 0 Å². The van der Waals surface area contributed by atoms with Crippen molar-refractivity contribution in [2.24, 2.45) is 5.73 Å². The second-order valence-electron chi connectivity index (χ2n) is 3.78. The molecule has 0 aliphatic rings. The van der Waals surface area contributed by atoms with Gasteiger partial charge in [0.2, 0.25) is 0 Å². The summed E-state index contributed by atoms with van der Waals surface area (Å²) < 4.78 is 0. The predicted molar refractivity (Wildman–Crippen MR) is 61.2 cm³/mol. The summed E-state index contributed by atoms with van der Waals surface area (Å²) in [5.74, 6) is 0. The molecule has 2 nitrogen and oxygen atoms in total. The first kappa shape index (κ1) is 11.2. The Bertz CT molecular complexity index is 254. The molecular formula is C12H20N2. The van der Waals surface area contributed by atoms with Crippen LogP contribution in [0.5, 0.6) is 0 Å². The fourth-order valence-corrected chi connectivity index (χ4v) is 1.25.